The van der Waals surface area contributed by atoms with E-state index in [-0.39, 0.29) is 12.8 Å². The molecule has 0 unspecified atom stereocenters. The summed E-state index contributed by atoms with van der Waals surface area (Å²) >= 11 is 0. The van der Waals surface area contributed by atoms with Crippen molar-refractivity contribution < 1.29 is 14.7 Å². The summed E-state index contributed by atoms with van der Waals surface area (Å²) in [4.78, 5) is 20.1. The Morgan fingerprint density at radius 3 is 2.30 bits per heavy atom. The van der Waals surface area contributed by atoms with Gasteiger partial charge in [0.15, 0.2) is 0 Å². The average Bonchev–Trinajstić information content (AvgIpc) is 1.82. The van der Waals surface area contributed by atoms with Gasteiger partial charge in [0, 0.05) is 6.42 Å². The zero-order chi connectivity index (χ0) is 8.15. The average molecular weight is 146 g/mol. The van der Waals surface area contributed by atoms with Gasteiger partial charge < -0.3 is 16.6 Å². The molecule has 0 aliphatic rings. The molecular weight excluding hydrogens is 136 g/mol. The second kappa shape index (κ2) is 3.84. The molecule has 0 spiro atoms. The Kier molecular flexibility index (Phi) is 3.42. The van der Waals surface area contributed by atoms with Crippen LogP contribution < -0.4 is 11.5 Å². The Bertz CT molecular complexity index is 146. The molecule has 0 aromatic heterocycles. The van der Waals surface area contributed by atoms with E-state index in [1.807, 2.05) is 0 Å². The molecule has 0 aromatic carbocycles. The Morgan fingerprint density at radius 2 is 2.00 bits per heavy atom. The number of nitrogens with two attached hydrogens (primary N) is 2. The maximum Gasteiger partial charge on any atom is 0.303 e. The van der Waals surface area contributed by atoms with Crippen molar-refractivity contribution in [3.8, 4) is 0 Å². The number of carboxylic acid groups (broad SMARTS) is 1. The predicted molar refractivity (Wildman–Crippen MR) is 34.0 cm³/mol. The normalized spacial score (nSPS) is 12.5. The second-order valence-electron chi connectivity index (χ2n) is 1.94. The lowest BCUT2D eigenvalue weighted by molar-refractivity contribution is -0.137. The largest absolute Gasteiger partial charge is 0.481 e. The minimum Gasteiger partial charge on any atom is -0.481 e. The van der Waals surface area contributed by atoms with E-state index in [2.05, 4.69) is 0 Å². The molecule has 0 aromatic rings. The van der Waals surface area contributed by atoms with E-state index < -0.39 is 17.9 Å². The van der Waals surface area contributed by atoms with Gasteiger partial charge in [0.05, 0.1) is 6.04 Å². The number of rotatable bonds is 4. The van der Waals surface area contributed by atoms with Crippen molar-refractivity contribution in [2.45, 2.75) is 18.9 Å². The molecule has 1 atom stereocenters. The van der Waals surface area contributed by atoms with Crippen LogP contribution in [0.25, 0.3) is 0 Å². The van der Waals surface area contributed by atoms with E-state index >= 15 is 0 Å². The third kappa shape index (κ3) is 3.85. The summed E-state index contributed by atoms with van der Waals surface area (Å²) in [6.07, 6.45) is -0.0191. The fourth-order valence-electron chi connectivity index (χ4n) is 0.421. The van der Waals surface area contributed by atoms with Gasteiger partial charge >= 0.3 is 5.97 Å². The molecular formula is C5H10N2O3. The quantitative estimate of drug-likeness (QED) is 0.456. The van der Waals surface area contributed by atoms with Crippen molar-refractivity contribution in [3.05, 3.63) is 0 Å². The number of carbonyl (C=O) groups is 2. The van der Waals surface area contributed by atoms with Crippen molar-refractivity contribution in [1.29, 1.82) is 0 Å². The second-order valence-corrected chi connectivity index (χ2v) is 1.94. The zero-order valence-corrected chi connectivity index (χ0v) is 5.41. The Balaban J connectivity index is 3.49. The summed E-state index contributed by atoms with van der Waals surface area (Å²) in [5.41, 5.74) is 9.89. The topological polar surface area (TPSA) is 106 Å². The van der Waals surface area contributed by atoms with Crippen molar-refractivity contribution in [2.24, 2.45) is 11.5 Å². The van der Waals surface area contributed by atoms with Crippen LogP contribution in [0.3, 0.4) is 0 Å². The molecule has 0 rings (SSSR count). The lowest BCUT2D eigenvalue weighted by Crippen LogP contribution is -2.36. The lowest BCUT2D eigenvalue weighted by Gasteiger charge is -2.02. The molecule has 0 saturated carbocycles. The number of primary amides is 1. The van der Waals surface area contributed by atoms with Crippen molar-refractivity contribution in [2.75, 3.05) is 0 Å². The molecule has 1 amide bonds. The SMILES string of the molecule is NC(=O)[C@H](N)CCC(=O)O. The van der Waals surface area contributed by atoms with E-state index in [0.717, 1.165) is 0 Å². The van der Waals surface area contributed by atoms with E-state index in [0.29, 0.717) is 0 Å². The summed E-state index contributed by atoms with van der Waals surface area (Å²) in [5.74, 6) is -1.64. The fraction of sp³-hybridized carbons (Fsp3) is 0.600. The molecule has 5 N–H and O–H groups in total. The molecule has 0 fully saturated rings. The number of carbonyl (C=O) groups excluding carboxylic acids is 1. The predicted octanol–water partition coefficient (Wildman–Crippen LogP) is -1.34. The Hall–Kier alpha value is -1.10. The highest BCUT2D eigenvalue weighted by molar-refractivity contribution is 5.80. The maximum atomic E-state index is 10.2. The van der Waals surface area contributed by atoms with Crippen LogP contribution in [0.5, 0.6) is 0 Å². The highest BCUT2D eigenvalue weighted by atomic mass is 16.4. The minimum atomic E-state index is -0.975. The summed E-state index contributed by atoms with van der Waals surface area (Å²) in [6, 6.07) is -0.837. The van der Waals surface area contributed by atoms with Crippen LogP contribution in [0.4, 0.5) is 0 Å². The van der Waals surface area contributed by atoms with Gasteiger partial charge in [0.25, 0.3) is 0 Å². The summed E-state index contributed by atoms with van der Waals surface area (Å²) < 4.78 is 0. The van der Waals surface area contributed by atoms with Crippen LogP contribution in [0, 0.1) is 0 Å². The van der Waals surface area contributed by atoms with E-state index in [1.165, 1.54) is 0 Å². The molecule has 5 nitrogen and oxygen atoms in total. The Morgan fingerprint density at radius 1 is 1.50 bits per heavy atom. The molecule has 10 heavy (non-hydrogen) atoms. The van der Waals surface area contributed by atoms with Crippen LogP contribution in [-0.4, -0.2) is 23.0 Å². The summed E-state index contributed by atoms with van der Waals surface area (Å²) in [5, 5.41) is 8.14. The van der Waals surface area contributed by atoms with Crippen LogP contribution in [0.15, 0.2) is 0 Å². The van der Waals surface area contributed by atoms with Crippen LogP contribution in [0.1, 0.15) is 12.8 Å². The summed E-state index contributed by atoms with van der Waals surface area (Å²) in [6.45, 7) is 0. The minimum absolute atomic E-state index is 0.102. The first-order valence-corrected chi connectivity index (χ1v) is 2.80. The third-order valence-electron chi connectivity index (χ3n) is 1.03. The zero-order valence-electron chi connectivity index (χ0n) is 5.41. The first-order valence-electron chi connectivity index (χ1n) is 2.80. The number of amides is 1. The van der Waals surface area contributed by atoms with Gasteiger partial charge in [-0.05, 0) is 6.42 Å². The van der Waals surface area contributed by atoms with Gasteiger partial charge in [-0.25, -0.2) is 0 Å². The molecule has 0 bridgehead atoms. The van der Waals surface area contributed by atoms with Crippen LogP contribution in [0.2, 0.25) is 0 Å². The lowest BCUT2D eigenvalue weighted by atomic mass is 10.1. The number of aliphatic carboxylic acids is 1. The molecule has 0 aliphatic carbocycles. The highest BCUT2D eigenvalue weighted by Crippen LogP contribution is 1.92. The smallest absolute Gasteiger partial charge is 0.303 e. The van der Waals surface area contributed by atoms with Crippen molar-refractivity contribution >= 4 is 11.9 Å². The van der Waals surface area contributed by atoms with Gasteiger partial charge in [-0.3, -0.25) is 9.59 Å². The highest BCUT2D eigenvalue weighted by Gasteiger charge is 2.10. The maximum absolute atomic E-state index is 10.2. The number of hydrogen-bond acceptors (Lipinski definition) is 3. The van der Waals surface area contributed by atoms with E-state index in [4.69, 9.17) is 16.6 Å². The van der Waals surface area contributed by atoms with E-state index in [1.54, 1.807) is 0 Å². The molecule has 58 valence electrons. The third-order valence-corrected chi connectivity index (χ3v) is 1.03. The summed E-state index contributed by atoms with van der Waals surface area (Å²) in [7, 11) is 0. The molecule has 5 heteroatoms. The van der Waals surface area contributed by atoms with Gasteiger partial charge in [0.1, 0.15) is 0 Å². The monoisotopic (exact) mass is 146 g/mol. The van der Waals surface area contributed by atoms with E-state index in [9.17, 15) is 9.59 Å². The van der Waals surface area contributed by atoms with Crippen LogP contribution >= 0.6 is 0 Å². The van der Waals surface area contributed by atoms with Crippen molar-refractivity contribution in [3.63, 3.8) is 0 Å². The standard InChI is InChI=1S/C5H10N2O3/c6-3(5(7)10)1-2-4(8)9/h3H,1-2,6H2,(H2,7,10)(H,8,9)/t3-/m1/s1. The van der Waals surface area contributed by atoms with Crippen LogP contribution in [-0.2, 0) is 9.59 Å². The van der Waals surface area contributed by atoms with Gasteiger partial charge in [-0.1, -0.05) is 0 Å². The Labute approximate surface area is 58.0 Å². The number of carboxylic acids is 1. The first kappa shape index (κ1) is 8.90. The van der Waals surface area contributed by atoms with Gasteiger partial charge in [-0.15, -0.1) is 0 Å². The van der Waals surface area contributed by atoms with Gasteiger partial charge in [0.2, 0.25) is 5.91 Å². The molecule has 0 aliphatic heterocycles. The number of hydrogen-bond donors (Lipinski definition) is 3. The first-order chi connectivity index (χ1) is 4.54. The fourth-order valence-corrected chi connectivity index (χ4v) is 0.421. The molecule has 0 radical (unpaired) electrons. The molecule has 0 saturated heterocycles. The van der Waals surface area contributed by atoms with Gasteiger partial charge in [-0.2, -0.15) is 0 Å². The van der Waals surface area contributed by atoms with Crippen molar-refractivity contribution in [1.82, 2.24) is 0 Å². The molecule has 0 heterocycles.